The number of nitrogens with zero attached hydrogens (tertiary/aromatic N) is 3. The third-order valence-corrected chi connectivity index (χ3v) is 5.62. The number of benzene rings is 3. The van der Waals surface area contributed by atoms with Gasteiger partial charge in [-0.05, 0) is 30.2 Å². The lowest BCUT2D eigenvalue weighted by atomic mass is 10.1. The fourth-order valence-corrected chi connectivity index (χ4v) is 3.95. The second-order valence-electron chi connectivity index (χ2n) is 7.66. The molecule has 158 valence electrons. The number of hydrogen-bond donors (Lipinski definition) is 1. The first-order valence-electron chi connectivity index (χ1n) is 10.5. The van der Waals surface area contributed by atoms with Crippen molar-refractivity contribution < 1.29 is 9.53 Å². The van der Waals surface area contributed by atoms with Gasteiger partial charge in [0.15, 0.2) is 5.65 Å². The Labute approximate surface area is 185 Å². The van der Waals surface area contributed by atoms with Crippen LogP contribution in [0.3, 0.4) is 0 Å². The molecule has 2 heterocycles. The van der Waals surface area contributed by atoms with Gasteiger partial charge in [-0.25, -0.2) is 14.8 Å². The summed E-state index contributed by atoms with van der Waals surface area (Å²) < 4.78 is 7.48. The summed E-state index contributed by atoms with van der Waals surface area (Å²) in [4.78, 5) is 22.7. The minimum absolute atomic E-state index is 0.148. The van der Waals surface area contributed by atoms with E-state index in [1.54, 1.807) is 0 Å². The first-order valence-corrected chi connectivity index (χ1v) is 10.5. The van der Waals surface area contributed by atoms with Gasteiger partial charge in [0, 0.05) is 0 Å². The Kier molecular flexibility index (Phi) is 5.03. The van der Waals surface area contributed by atoms with Crippen LogP contribution in [0.2, 0.25) is 0 Å². The van der Waals surface area contributed by atoms with Crippen LogP contribution < -0.4 is 5.73 Å². The summed E-state index contributed by atoms with van der Waals surface area (Å²) in [6.07, 6.45) is 0. The van der Waals surface area contributed by atoms with Crippen LogP contribution in [-0.2, 0) is 11.3 Å². The number of nitrogens with two attached hydrogens (primary N) is 1. The third kappa shape index (κ3) is 3.46. The molecule has 5 rings (SSSR count). The van der Waals surface area contributed by atoms with E-state index in [0.717, 1.165) is 16.6 Å². The van der Waals surface area contributed by atoms with Crippen molar-refractivity contribution in [3.8, 4) is 0 Å². The number of esters is 1. The molecule has 32 heavy (non-hydrogen) atoms. The Morgan fingerprint density at radius 2 is 1.50 bits per heavy atom. The molecular weight excluding hydrogens is 400 g/mol. The summed E-state index contributed by atoms with van der Waals surface area (Å²) in [5.41, 5.74) is 11.2. The van der Waals surface area contributed by atoms with Crippen molar-refractivity contribution >= 4 is 34.0 Å². The second-order valence-corrected chi connectivity index (χ2v) is 7.66. The van der Waals surface area contributed by atoms with Crippen LogP contribution in [0.1, 0.15) is 34.5 Å². The largest absolute Gasteiger partial charge is 0.457 e. The summed E-state index contributed by atoms with van der Waals surface area (Å²) in [7, 11) is 0. The molecule has 0 unspecified atom stereocenters. The number of ether oxygens (including phenoxy) is 1. The number of rotatable bonds is 5. The van der Waals surface area contributed by atoms with Crippen molar-refractivity contribution in [3.05, 3.63) is 102 Å². The molecule has 0 fully saturated rings. The highest BCUT2D eigenvalue weighted by Crippen LogP contribution is 2.33. The molecule has 0 saturated carbocycles. The smallest absolute Gasteiger partial charge is 0.344 e. The zero-order valence-electron chi connectivity index (χ0n) is 17.6. The van der Waals surface area contributed by atoms with E-state index in [-0.39, 0.29) is 18.2 Å². The van der Waals surface area contributed by atoms with Gasteiger partial charge in [-0.2, -0.15) is 0 Å². The van der Waals surface area contributed by atoms with Crippen LogP contribution in [0, 0.1) is 0 Å². The minimum atomic E-state index is -0.514. The maximum absolute atomic E-state index is 13.2. The Balaban J connectivity index is 1.65. The predicted molar refractivity (Wildman–Crippen MR) is 125 cm³/mol. The van der Waals surface area contributed by atoms with Crippen molar-refractivity contribution in [2.75, 3.05) is 5.73 Å². The molecule has 2 N–H and O–H groups in total. The average molecular weight is 422 g/mol. The molecule has 2 aromatic heterocycles. The van der Waals surface area contributed by atoms with Crippen LogP contribution in [0.15, 0.2) is 84.9 Å². The number of carbonyl (C=O) groups excluding carboxylic acids is 1. The molecule has 0 bridgehead atoms. The lowest BCUT2D eigenvalue weighted by molar-refractivity contribution is 0.0476. The predicted octanol–water partition coefficient (Wildman–Crippen LogP) is 5.13. The van der Waals surface area contributed by atoms with E-state index in [4.69, 9.17) is 20.4 Å². The summed E-state index contributed by atoms with van der Waals surface area (Å²) in [5, 5.41) is 0. The van der Waals surface area contributed by atoms with Crippen LogP contribution in [-0.4, -0.2) is 20.5 Å². The quantitative estimate of drug-likeness (QED) is 0.397. The van der Waals surface area contributed by atoms with Crippen LogP contribution >= 0.6 is 0 Å². The van der Waals surface area contributed by atoms with Crippen molar-refractivity contribution in [1.29, 1.82) is 0 Å². The van der Waals surface area contributed by atoms with Gasteiger partial charge in [0.2, 0.25) is 0 Å². The fourth-order valence-electron chi connectivity index (χ4n) is 3.95. The summed E-state index contributed by atoms with van der Waals surface area (Å²) >= 11 is 0. The van der Waals surface area contributed by atoms with E-state index in [9.17, 15) is 4.79 Å². The van der Waals surface area contributed by atoms with Crippen LogP contribution in [0.4, 0.5) is 5.82 Å². The molecular formula is C26H22N4O2. The van der Waals surface area contributed by atoms with E-state index >= 15 is 0 Å². The first kappa shape index (κ1) is 19.8. The number of para-hydroxylation sites is 2. The highest BCUT2D eigenvalue weighted by atomic mass is 16.5. The van der Waals surface area contributed by atoms with E-state index < -0.39 is 5.97 Å². The highest BCUT2D eigenvalue weighted by molar-refractivity contribution is 6.08. The molecule has 0 spiro atoms. The maximum Gasteiger partial charge on any atom is 0.344 e. The molecule has 0 radical (unpaired) electrons. The topological polar surface area (TPSA) is 83.0 Å². The molecule has 3 aromatic carbocycles. The Bertz CT molecular complexity index is 1410. The van der Waals surface area contributed by atoms with Gasteiger partial charge < -0.3 is 15.0 Å². The Morgan fingerprint density at radius 3 is 2.19 bits per heavy atom. The van der Waals surface area contributed by atoms with Gasteiger partial charge in [0.05, 0.1) is 17.1 Å². The van der Waals surface area contributed by atoms with Crippen molar-refractivity contribution in [2.24, 2.45) is 0 Å². The molecule has 0 aliphatic carbocycles. The maximum atomic E-state index is 13.2. The van der Waals surface area contributed by atoms with Gasteiger partial charge in [0.1, 0.15) is 23.5 Å². The van der Waals surface area contributed by atoms with E-state index in [2.05, 4.69) is 0 Å². The molecule has 0 aliphatic heterocycles. The van der Waals surface area contributed by atoms with E-state index in [1.807, 2.05) is 96.4 Å². The van der Waals surface area contributed by atoms with Crippen molar-refractivity contribution in [3.63, 3.8) is 0 Å². The summed E-state index contributed by atoms with van der Waals surface area (Å²) in [6, 6.07) is 26.9. The zero-order chi connectivity index (χ0) is 22.1. The molecule has 5 aromatic rings. The first-order chi connectivity index (χ1) is 15.6. The standard InChI is InChI=1S/C26H22N4O2/c1-17(19-12-6-3-7-13-19)30-24(27)22(26(31)32-16-18-10-4-2-5-11-18)23-25(30)29-21-15-9-8-14-20(21)28-23/h2-15,17H,16,27H2,1H3/t17-/m0/s1. The number of hydrogen-bond acceptors (Lipinski definition) is 5. The van der Waals surface area contributed by atoms with Gasteiger partial charge in [0.25, 0.3) is 0 Å². The molecule has 0 aliphatic rings. The normalized spacial score (nSPS) is 12.2. The van der Waals surface area contributed by atoms with Gasteiger partial charge in [-0.15, -0.1) is 0 Å². The van der Waals surface area contributed by atoms with E-state index in [1.165, 1.54) is 0 Å². The number of nitrogen functional groups attached to an aromatic ring is 1. The van der Waals surface area contributed by atoms with Crippen molar-refractivity contribution in [1.82, 2.24) is 14.5 Å². The molecule has 0 saturated heterocycles. The minimum Gasteiger partial charge on any atom is -0.457 e. The molecule has 1 atom stereocenters. The number of aromatic nitrogens is 3. The Morgan fingerprint density at radius 1 is 0.906 bits per heavy atom. The highest BCUT2D eigenvalue weighted by Gasteiger charge is 2.27. The van der Waals surface area contributed by atoms with Gasteiger partial charge >= 0.3 is 5.97 Å². The Hall–Kier alpha value is -4.19. The molecule has 6 heteroatoms. The van der Waals surface area contributed by atoms with Gasteiger partial charge in [-0.1, -0.05) is 72.8 Å². The lowest BCUT2D eigenvalue weighted by Gasteiger charge is -2.17. The SMILES string of the molecule is C[C@@H](c1ccccc1)n1c(N)c(C(=O)OCc2ccccc2)c2nc3ccccc3nc21. The fraction of sp³-hybridized carbons (Fsp3) is 0.115. The number of carbonyl (C=O) groups is 1. The van der Waals surface area contributed by atoms with E-state index in [0.29, 0.717) is 22.5 Å². The van der Waals surface area contributed by atoms with Gasteiger partial charge in [-0.3, -0.25) is 0 Å². The second kappa shape index (κ2) is 8.15. The molecule has 0 amide bonds. The number of fused-ring (bicyclic) bond motifs is 2. The number of anilines is 1. The van der Waals surface area contributed by atoms with Crippen LogP contribution in [0.25, 0.3) is 22.2 Å². The van der Waals surface area contributed by atoms with Crippen LogP contribution in [0.5, 0.6) is 0 Å². The summed E-state index contributed by atoms with van der Waals surface area (Å²) in [5.74, 6) is -0.218. The monoisotopic (exact) mass is 422 g/mol. The van der Waals surface area contributed by atoms with Crippen molar-refractivity contribution in [2.45, 2.75) is 19.6 Å². The average Bonchev–Trinajstić information content (AvgIpc) is 3.12. The molecule has 6 nitrogen and oxygen atoms in total. The third-order valence-electron chi connectivity index (χ3n) is 5.62. The zero-order valence-corrected chi connectivity index (χ0v) is 17.6. The lowest BCUT2D eigenvalue weighted by Crippen LogP contribution is -2.13. The summed E-state index contributed by atoms with van der Waals surface area (Å²) in [6.45, 7) is 2.18.